The molecule has 0 fully saturated rings. The zero-order valence-corrected chi connectivity index (χ0v) is 12.0. The number of furan rings is 1. The molecule has 0 radical (unpaired) electrons. The summed E-state index contributed by atoms with van der Waals surface area (Å²) in [7, 11) is 0. The number of rotatable bonds is 4. The van der Waals surface area contributed by atoms with E-state index in [4.69, 9.17) is 4.42 Å². The van der Waals surface area contributed by atoms with Gasteiger partial charge >= 0.3 is 0 Å². The van der Waals surface area contributed by atoms with Crippen molar-refractivity contribution in [1.29, 1.82) is 0 Å². The van der Waals surface area contributed by atoms with E-state index in [0.717, 1.165) is 19.5 Å². The van der Waals surface area contributed by atoms with Gasteiger partial charge in [-0.1, -0.05) is 11.6 Å². The Hall–Kier alpha value is -2.60. The van der Waals surface area contributed by atoms with Crippen molar-refractivity contribution in [3.63, 3.8) is 0 Å². The summed E-state index contributed by atoms with van der Waals surface area (Å²) < 4.78 is 5.22. The highest BCUT2D eigenvalue weighted by Gasteiger charge is 2.13. The first kappa shape index (κ1) is 14.3. The Morgan fingerprint density at radius 1 is 1.32 bits per heavy atom. The summed E-state index contributed by atoms with van der Waals surface area (Å²) in [5.41, 5.74) is 1.40. The molecule has 0 unspecified atom stereocenters. The summed E-state index contributed by atoms with van der Waals surface area (Å²) in [6.07, 6.45) is 4.50. The number of pyridine rings is 1. The van der Waals surface area contributed by atoms with Gasteiger partial charge in [0.25, 0.3) is 11.5 Å². The fourth-order valence-electron chi connectivity index (χ4n) is 2.35. The van der Waals surface area contributed by atoms with Gasteiger partial charge in [0.05, 0.1) is 12.0 Å². The number of hydrogen-bond acceptors (Lipinski definition) is 4. The molecule has 1 aliphatic heterocycles. The topological polar surface area (TPSA) is 87.1 Å². The number of carbonyl (C=O) groups is 1. The third kappa shape index (κ3) is 3.17. The highest BCUT2D eigenvalue weighted by Crippen LogP contribution is 2.15. The van der Waals surface area contributed by atoms with Crippen LogP contribution in [0.5, 0.6) is 0 Å². The van der Waals surface area contributed by atoms with Crippen LogP contribution in [-0.4, -0.2) is 30.5 Å². The number of H-pyrrole nitrogens is 1. The quantitative estimate of drug-likeness (QED) is 0.742. The largest absolute Gasteiger partial charge is 0.463 e. The minimum atomic E-state index is -0.425. The van der Waals surface area contributed by atoms with Gasteiger partial charge in [-0.2, -0.15) is 0 Å². The molecule has 3 heterocycles. The van der Waals surface area contributed by atoms with E-state index in [2.05, 4.69) is 21.7 Å². The maximum absolute atomic E-state index is 12.1. The monoisotopic (exact) mass is 299 g/mol. The molecule has 2 aromatic rings. The lowest BCUT2D eigenvalue weighted by atomic mass is 10.1. The number of aromatic amines is 1. The van der Waals surface area contributed by atoms with Crippen LogP contribution in [0.4, 0.5) is 0 Å². The van der Waals surface area contributed by atoms with Gasteiger partial charge in [0, 0.05) is 13.1 Å². The minimum Gasteiger partial charge on any atom is -0.463 e. The lowest BCUT2D eigenvalue weighted by molar-refractivity contribution is 0.0955. The third-order valence-electron chi connectivity index (χ3n) is 3.57. The van der Waals surface area contributed by atoms with Gasteiger partial charge in [-0.15, -0.1) is 0 Å². The smallest absolute Gasteiger partial charge is 0.261 e. The van der Waals surface area contributed by atoms with E-state index in [0.29, 0.717) is 18.0 Å². The van der Waals surface area contributed by atoms with Crippen molar-refractivity contribution < 1.29 is 9.21 Å². The number of amides is 1. The van der Waals surface area contributed by atoms with E-state index in [9.17, 15) is 9.59 Å². The lowest BCUT2D eigenvalue weighted by Crippen LogP contribution is -2.32. The minimum absolute atomic E-state index is 0.102. The summed E-state index contributed by atoms with van der Waals surface area (Å²) >= 11 is 0. The van der Waals surface area contributed by atoms with Gasteiger partial charge in [0.2, 0.25) is 0 Å². The predicted octanol–water partition coefficient (Wildman–Crippen LogP) is 1.28. The summed E-state index contributed by atoms with van der Waals surface area (Å²) in [6, 6.07) is 6.66. The Labute approximate surface area is 127 Å². The van der Waals surface area contributed by atoms with E-state index >= 15 is 0 Å². The van der Waals surface area contributed by atoms with Crippen LogP contribution in [0.1, 0.15) is 16.8 Å². The molecule has 6 heteroatoms. The summed E-state index contributed by atoms with van der Waals surface area (Å²) in [5, 5.41) is 6.00. The lowest BCUT2D eigenvalue weighted by Gasteiger charge is -2.14. The highest BCUT2D eigenvalue weighted by molar-refractivity contribution is 5.94. The van der Waals surface area contributed by atoms with E-state index in [-0.39, 0.29) is 11.5 Å². The van der Waals surface area contributed by atoms with Crippen molar-refractivity contribution in [2.75, 3.05) is 19.6 Å². The maximum atomic E-state index is 12.1. The van der Waals surface area contributed by atoms with Gasteiger partial charge in [-0.3, -0.25) is 9.59 Å². The molecule has 0 saturated heterocycles. The second-order valence-corrected chi connectivity index (χ2v) is 5.09. The number of aromatic nitrogens is 1. The van der Waals surface area contributed by atoms with Gasteiger partial charge < -0.3 is 20.0 Å². The summed E-state index contributed by atoms with van der Waals surface area (Å²) in [5.74, 6) is 0.190. The average Bonchev–Trinajstić information content (AvgIpc) is 3.08. The van der Waals surface area contributed by atoms with Crippen molar-refractivity contribution in [3.05, 3.63) is 58.1 Å². The molecule has 0 spiro atoms. The Balaban J connectivity index is 1.70. The van der Waals surface area contributed by atoms with Gasteiger partial charge in [-0.25, -0.2) is 0 Å². The molecule has 114 valence electrons. The van der Waals surface area contributed by atoms with Crippen LogP contribution in [0.25, 0.3) is 11.5 Å². The molecule has 22 heavy (non-hydrogen) atoms. The maximum Gasteiger partial charge on any atom is 0.261 e. The van der Waals surface area contributed by atoms with Crippen LogP contribution in [0.15, 0.2) is 51.4 Å². The summed E-state index contributed by atoms with van der Waals surface area (Å²) in [4.78, 5) is 26.8. The zero-order chi connectivity index (χ0) is 15.4. The molecule has 3 N–H and O–H groups in total. The Morgan fingerprint density at radius 3 is 2.91 bits per heavy atom. The van der Waals surface area contributed by atoms with Crippen molar-refractivity contribution in [3.8, 4) is 11.5 Å². The third-order valence-corrected chi connectivity index (χ3v) is 3.57. The van der Waals surface area contributed by atoms with Crippen LogP contribution in [0.3, 0.4) is 0 Å². The molecular weight excluding hydrogens is 282 g/mol. The zero-order valence-electron chi connectivity index (χ0n) is 12.0. The Kier molecular flexibility index (Phi) is 4.20. The number of carbonyl (C=O) groups excluding carboxylic acids is 1. The standard InChI is InChI=1S/C16H17N3O3/c20-15(18-10-11-5-7-17-8-6-11)12-3-4-13(19-16(12)21)14-2-1-9-22-14/h1-5,9,17H,6-8,10H2,(H,18,20)(H,19,21). The number of nitrogens with one attached hydrogen (secondary N) is 3. The molecule has 0 aliphatic carbocycles. The fourth-order valence-corrected chi connectivity index (χ4v) is 2.35. The van der Waals surface area contributed by atoms with Crippen LogP contribution in [-0.2, 0) is 0 Å². The average molecular weight is 299 g/mol. The van der Waals surface area contributed by atoms with Gasteiger partial charge in [0.1, 0.15) is 11.3 Å². The molecule has 2 aromatic heterocycles. The molecule has 1 aliphatic rings. The van der Waals surface area contributed by atoms with Crippen molar-refractivity contribution in [2.24, 2.45) is 0 Å². The molecule has 1 amide bonds. The van der Waals surface area contributed by atoms with Gasteiger partial charge in [-0.05, 0) is 37.2 Å². The molecule has 0 aromatic carbocycles. The second kappa shape index (κ2) is 6.44. The SMILES string of the molecule is O=C(NCC1=CCNCC1)c1ccc(-c2ccco2)[nH]c1=O. The van der Waals surface area contributed by atoms with Crippen molar-refractivity contribution in [2.45, 2.75) is 6.42 Å². The highest BCUT2D eigenvalue weighted by atomic mass is 16.3. The van der Waals surface area contributed by atoms with Gasteiger partial charge in [0.15, 0.2) is 0 Å². The first-order chi connectivity index (χ1) is 10.7. The fraction of sp³-hybridized carbons (Fsp3) is 0.250. The van der Waals surface area contributed by atoms with Crippen LogP contribution < -0.4 is 16.2 Å². The summed E-state index contributed by atoms with van der Waals surface area (Å²) in [6.45, 7) is 2.21. The van der Waals surface area contributed by atoms with E-state index < -0.39 is 5.56 Å². The van der Waals surface area contributed by atoms with E-state index in [1.807, 2.05) is 0 Å². The number of hydrogen-bond donors (Lipinski definition) is 3. The van der Waals surface area contributed by atoms with Crippen LogP contribution >= 0.6 is 0 Å². The first-order valence-electron chi connectivity index (χ1n) is 7.18. The van der Waals surface area contributed by atoms with Crippen molar-refractivity contribution >= 4 is 5.91 Å². The molecular formula is C16H17N3O3. The van der Waals surface area contributed by atoms with Crippen LogP contribution in [0.2, 0.25) is 0 Å². The molecule has 6 nitrogen and oxygen atoms in total. The van der Waals surface area contributed by atoms with E-state index in [1.165, 1.54) is 17.9 Å². The van der Waals surface area contributed by atoms with Crippen molar-refractivity contribution in [1.82, 2.24) is 15.6 Å². The molecule has 3 rings (SSSR count). The normalized spacial score (nSPS) is 14.5. The predicted molar refractivity (Wildman–Crippen MR) is 82.7 cm³/mol. The molecule has 0 bridgehead atoms. The second-order valence-electron chi connectivity index (χ2n) is 5.09. The van der Waals surface area contributed by atoms with Crippen LogP contribution in [0, 0.1) is 0 Å². The Morgan fingerprint density at radius 2 is 2.23 bits per heavy atom. The molecule has 0 atom stereocenters. The first-order valence-corrected chi connectivity index (χ1v) is 7.18. The molecule has 0 saturated carbocycles. The van der Waals surface area contributed by atoms with E-state index in [1.54, 1.807) is 18.2 Å². The Bertz CT molecular complexity index is 744.